The summed E-state index contributed by atoms with van der Waals surface area (Å²) in [5.74, 6) is 0.422. The van der Waals surface area contributed by atoms with E-state index in [4.69, 9.17) is 0 Å². The highest BCUT2D eigenvalue weighted by Gasteiger charge is 2.33. The molecule has 1 fully saturated rings. The van der Waals surface area contributed by atoms with Gasteiger partial charge in [0.05, 0.1) is 11.0 Å². The van der Waals surface area contributed by atoms with Gasteiger partial charge < -0.3 is 0 Å². The maximum absolute atomic E-state index is 10.6. The summed E-state index contributed by atoms with van der Waals surface area (Å²) >= 11 is 0. The molecule has 1 unspecified atom stereocenters. The molecular weight excluding hydrogens is 124 g/mol. The van der Waals surface area contributed by atoms with Gasteiger partial charge >= 0.3 is 0 Å². The summed E-state index contributed by atoms with van der Waals surface area (Å²) in [6, 6.07) is 0. The van der Waals surface area contributed by atoms with Gasteiger partial charge in [0.2, 0.25) is 0 Å². The highest BCUT2D eigenvalue weighted by molar-refractivity contribution is 7.93. The van der Waals surface area contributed by atoms with Crippen LogP contribution in [0.15, 0.2) is 0 Å². The van der Waals surface area contributed by atoms with Gasteiger partial charge in [0.15, 0.2) is 9.84 Å². The molecule has 1 heterocycles. The van der Waals surface area contributed by atoms with Crippen molar-refractivity contribution >= 4 is 9.84 Å². The van der Waals surface area contributed by atoms with Crippen LogP contribution in [0.3, 0.4) is 0 Å². The minimum absolute atomic E-state index is 0.00231. The Labute approximate surface area is 49.8 Å². The van der Waals surface area contributed by atoms with Crippen molar-refractivity contribution in [3.63, 3.8) is 0 Å². The first-order valence-electron chi connectivity index (χ1n) is 2.88. The molecule has 1 rings (SSSR count). The highest BCUT2D eigenvalue weighted by Crippen LogP contribution is 2.22. The van der Waals surface area contributed by atoms with Gasteiger partial charge in [0, 0.05) is 0 Å². The fourth-order valence-corrected chi connectivity index (χ4v) is 2.40. The Bertz CT molecular complexity index is 167. The largest absolute Gasteiger partial charge is 0.229 e. The zero-order chi connectivity index (χ0) is 6.20. The Hall–Kier alpha value is -0.0500. The van der Waals surface area contributed by atoms with Gasteiger partial charge in [0.25, 0.3) is 0 Å². The first-order chi connectivity index (χ1) is 3.67. The van der Waals surface area contributed by atoms with E-state index in [0.717, 1.165) is 12.8 Å². The zero-order valence-corrected chi connectivity index (χ0v) is 5.74. The van der Waals surface area contributed by atoms with E-state index >= 15 is 0 Å². The van der Waals surface area contributed by atoms with Crippen LogP contribution in [0.5, 0.6) is 0 Å². The molecule has 0 spiro atoms. The third-order valence-corrected chi connectivity index (χ3v) is 4.08. The Balaban J connectivity index is 2.64. The molecule has 0 aromatic rings. The Kier molecular flexibility index (Phi) is 1.31. The van der Waals surface area contributed by atoms with Gasteiger partial charge in [-0.25, -0.2) is 8.42 Å². The third kappa shape index (κ3) is 0.749. The van der Waals surface area contributed by atoms with E-state index < -0.39 is 9.84 Å². The van der Waals surface area contributed by atoms with Crippen molar-refractivity contribution in [2.24, 2.45) is 0 Å². The van der Waals surface area contributed by atoms with E-state index in [1.807, 2.05) is 6.92 Å². The van der Waals surface area contributed by atoms with E-state index in [1.165, 1.54) is 0 Å². The molecule has 0 aromatic heterocycles. The molecular formula is C5H10O2S. The highest BCUT2D eigenvalue weighted by atomic mass is 32.2. The Morgan fingerprint density at radius 3 is 2.25 bits per heavy atom. The third-order valence-electron chi connectivity index (χ3n) is 1.69. The van der Waals surface area contributed by atoms with Crippen LogP contribution >= 0.6 is 0 Å². The summed E-state index contributed by atoms with van der Waals surface area (Å²) in [5.41, 5.74) is 0. The second-order valence-corrected chi connectivity index (χ2v) is 4.59. The first-order valence-corrected chi connectivity index (χ1v) is 4.60. The molecule has 0 bridgehead atoms. The van der Waals surface area contributed by atoms with Crippen LogP contribution in [-0.4, -0.2) is 19.4 Å². The van der Waals surface area contributed by atoms with Crippen LogP contribution in [0, 0.1) is 0 Å². The lowest BCUT2D eigenvalue weighted by molar-refractivity contribution is 0.542. The van der Waals surface area contributed by atoms with Gasteiger partial charge in [0.1, 0.15) is 0 Å². The standard InChI is InChI=1S/C5H10O2S/c1-2-5-3-4-8(5,6)7/h5H,2-4H2,1H3. The molecule has 0 aliphatic carbocycles. The van der Waals surface area contributed by atoms with E-state index in [1.54, 1.807) is 0 Å². The van der Waals surface area contributed by atoms with Crippen LogP contribution in [0.1, 0.15) is 19.8 Å². The first kappa shape index (κ1) is 6.08. The summed E-state index contributed by atoms with van der Waals surface area (Å²) < 4.78 is 21.3. The van der Waals surface area contributed by atoms with Gasteiger partial charge in [-0.3, -0.25) is 0 Å². The van der Waals surface area contributed by atoms with E-state index in [2.05, 4.69) is 0 Å². The number of rotatable bonds is 1. The molecule has 1 aliphatic heterocycles. The zero-order valence-electron chi connectivity index (χ0n) is 4.92. The van der Waals surface area contributed by atoms with E-state index in [0.29, 0.717) is 5.75 Å². The fraction of sp³-hybridized carbons (Fsp3) is 1.00. The molecule has 1 atom stereocenters. The lowest BCUT2D eigenvalue weighted by Gasteiger charge is -2.23. The predicted molar refractivity (Wildman–Crippen MR) is 32.5 cm³/mol. The molecule has 1 aliphatic rings. The molecule has 3 heteroatoms. The number of sulfone groups is 1. The van der Waals surface area contributed by atoms with Crippen molar-refractivity contribution in [3.8, 4) is 0 Å². The monoisotopic (exact) mass is 134 g/mol. The van der Waals surface area contributed by atoms with Crippen LogP contribution in [0.2, 0.25) is 0 Å². The van der Waals surface area contributed by atoms with Crippen molar-refractivity contribution in [1.82, 2.24) is 0 Å². The average Bonchev–Trinajstić information content (AvgIpc) is 1.66. The molecule has 0 aromatic carbocycles. The van der Waals surface area contributed by atoms with Gasteiger partial charge in [-0.05, 0) is 12.8 Å². The normalized spacial score (nSPS) is 33.9. The fourth-order valence-electron chi connectivity index (χ4n) is 0.935. The summed E-state index contributed by atoms with van der Waals surface area (Å²) in [7, 11) is -2.57. The summed E-state index contributed by atoms with van der Waals surface area (Å²) in [6.07, 6.45) is 1.68. The van der Waals surface area contributed by atoms with Crippen molar-refractivity contribution in [2.75, 3.05) is 5.75 Å². The topological polar surface area (TPSA) is 34.1 Å². The Morgan fingerprint density at radius 2 is 2.25 bits per heavy atom. The SMILES string of the molecule is CCC1CCS1(=O)=O. The molecule has 2 nitrogen and oxygen atoms in total. The second-order valence-electron chi connectivity index (χ2n) is 2.19. The quantitative estimate of drug-likeness (QED) is 0.526. The lowest BCUT2D eigenvalue weighted by atomic mass is 10.2. The van der Waals surface area contributed by atoms with Crippen molar-refractivity contribution in [3.05, 3.63) is 0 Å². The molecule has 8 heavy (non-hydrogen) atoms. The maximum atomic E-state index is 10.6. The van der Waals surface area contributed by atoms with Crippen LogP contribution < -0.4 is 0 Å². The van der Waals surface area contributed by atoms with E-state index in [9.17, 15) is 8.42 Å². The minimum atomic E-state index is -2.57. The second kappa shape index (κ2) is 1.72. The molecule has 1 saturated heterocycles. The summed E-state index contributed by atoms with van der Waals surface area (Å²) in [5, 5.41) is 0.00231. The van der Waals surface area contributed by atoms with E-state index in [-0.39, 0.29) is 5.25 Å². The summed E-state index contributed by atoms with van der Waals surface area (Å²) in [6.45, 7) is 1.92. The minimum Gasteiger partial charge on any atom is -0.229 e. The number of hydrogen-bond donors (Lipinski definition) is 0. The van der Waals surface area contributed by atoms with Crippen molar-refractivity contribution in [1.29, 1.82) is 0 Å². The van der Waals surface area contributed by atoms with Gasteiger partial charge in [-0.1, -0.05) is 6.92 Å². The van der Waals surface area contributed by atoms with Crippen molar-refractivity contribution in [2.45, 2.75) is 25.0 Å². The van der Waals surface area contributed by atoms with Crippen LogP contribution in [0.25, 0.3) is 0 Å². The van der Waals surface area contributed by atoms with Crippen LogP contribution in [-0.2, 0) is 9.84 Å². The molecule has 0 N–H and O–H groups in total. The average molecular weight is 134 g/mol. The summed E-state index contributed by atoms with van der Waals surface area (Å²) in [4.78, 5) is 0. The molecule has 0 amide bonds. The Morgan fingerprint density at radius 1 is 1.62 bits per heavy atom. The van der Waals surface area contributed by atoms with Gasteiger partial charge in [-0.15, -0.1) is 0 Å². The lowest BCUT2D eigenvalue weighted by Crippen LogP contribution is -2.35. The predicted octanol–water partition coefficient (Wildman–Crippen LogP) is 0.584. The van der Waals surface area contributed by atoms with Gasteiger partial charge in [-0.2, -0.15) is 0 Å². The smallest absolute Gasteiger partial charge is 0.153 e. The van der Waals surface area contributed by atoms with Crippen LogP contribution in [0.4, 0.5) is 0 Å². The molecule has 0 saturated carbocycles. The number of hydrogen-bond acceptors (Lipinski definition) is 2. The molecule has 48 valence electrons. The molecule has 0 radical (unpaired) electrons. The van der Waals surface area contributed by atoms with Crippen molar-refractivity contribution < 1.29 is 8.42 Å². The maximum Gasteiger partial charge on any atom is 0.153 e.